The first kappa shape index (κ1) is 23.5. The first-order chi connectivity index (χ1) is 17.6. The zero-order valence-corrected chi connectivity index (χ0v) is 21.5. The number of benzene rings is 2. The molecule has 36 heavy (non-hydrogen) atoms. The Balaban J connectivity index is 1.13. The number of anilines is 1. The largest absolute Gasteiger partial charge is 0.483 e. The van der Waals surface area contributed by atoms with Crippen molar-refractivity contribution in [3.8, 4) is 22.6 Å². The molecule has 0 N–H and O–H groups in total. The van der Waals surface area contributed by atoms with Gasteiger partial charge in [-0.1, -0.05) is 18.2 Å². The van der Waals surface area contributed by atoms with Crippen LogP contribution in [0.25, 0.3) is 16.8 Å². The molecule has 0 aliphatic carbocycles. The highest BCUT2D eigenvalue weighted by Crippen LogP contribution is 2.35. The van der Waals surface area contributed by atoms with Crippen LogP contribution in [0.1, 0.15) is 25.4 Å². The molecule has 190 valence electrons. The molecule has 6 rings (SSSR count). The summed E-state index contributed by atoms with van der Waals surface area (Å²) in [5.74, 6) is 1.90. The lowest BCUT2D eigenvalue weighted by Crippen LogP contribution is -2.48. The minimum atomic E-state index is 0.509. The van der Waals surface area contributed by atoms with E-state index in [9.17, 15) is 0 Å². The molecule has 4 heterocycles. The fraction of sp³-hybridized carbons (Fsp3) is 0.483. The van der Waals surface area contributed by atoms with Crippen LogP contribution in [0.15, 0.2) is 48.7 Å². The lowest BCUT2D eigenvalue weighted by molar-refractivity contribution is 0.0383. The summed E-state index contributed by atoms with van der Waals surface area (Å²) < 4.78 is 13.8. The minimum Gasteiger partial charge on any atom is -0.483 e. The minimum absolute atomic E-state index is 0.509. The van der Waals surface area contributed by atoms with Gasteiger partial charge in [0.15, 0.2) is 5.82 Å². The van der Waals surface area contributed by atoms with E-state index in [1.807, 2.05) is 0 Å². The van der Waals surface area contributed by atoms with Crippen LogP contribution >= 0.6 is 0 Å². The number of fused-ring (bicyclic) bond motifs is 3. The molecule has 0 amide bonds. The average molecular weight is 488 g/mol. The van der Waals surface area contributed by atoms with Gasteiger partial charge in [-0.15, -0.1) is 0 Å². The summed E-state index contributed by atoms with van der Waals surface area (Å²) >= 11 is 0. The van der Waals surface area contributed by atoms with E-state index in [1.54, 1.807) is 0 Å². The van der Waals surface area contributed by atoms with E-state index < -0.39 is 0 Å². The average Bonchev–Trinajstić information content (AvgIpc) is 3.36. The summed E-state index contributed by atoms with van der Waals surface area (Å²) in [5.41, 5.74) is 5.91. The second-order valence-corrected chi connectivity index (χ2v) is 10.4. The molecule has 0 bridgehead atoms. The lowest BCUT2D eigenvalue weighted by Gasteiger charge is -2.38. The number of hydrogen-bond acceptors (Lipinski definition) is 6. The van der Waals surface area contributed by atoms with E-state index in [2.05, 4.69) is 81.8 Å². The molecule has 2 saturated heterocycles. The van der Waals surface area contributed by atoms with Crippen LogP contribution in [-0.2, 0) is 17.8 Å². The van der Waals surface area contributed by atoms with Gasteiger partial charge in [0.05, 0.1) is 24.6 Å². The van der Waals surface area contributed by atoms with Gasteiger partial charge in [0.1, 0.15) is 12.4 Å². The summed E-state index contributed by atoms with van der Waals surface area (Å²) in [6.07, 6.45) is 3.14. The van der Waals surface area contributed by atoms with Crippen LogP contribution in [0.5, 0.6) is 5.75 Å². The van der Waals surface area contributed by atoms with E-state index in [0.29, 0.717) is 12.6 Å². The molecule has 1 aromatic heterocycles. The monoisotopic (exact) mass is 487 g/mol. The first-order valence-corrected chi connectivity index (χ1v) is 13.4. The van der Waals surface area contributed by atoms with Crippen molar-refractivity contribution in [1.82, 2.24) is 19.4 Å². The molecule has 7 heteroatoms. The lowest BCUT2D eigenvalue weighted by atomic mass is 10.0. The molecule has 3 aliphatic rings. The predicted molar refractivity (Wildman–Crippen MR) is 143 cm³/mol. The molecular formula is C29H37N5O2. The molecule has 0 saturated carbocycles. The van der Waals surface area contributed by atoms with Gasteiger partial charge < -0.3 is 14.4 Å². The molecule has 2 fully saturated rings. The third-order valence-electron chi connectivity index (χ3n) is 7.80. The van der Waals surface area contributed by atoms with Crippen LogP contribution < -0.4 is 9.64 Å². The van der Waals surface area contributed by atoms with Crippen molar-refractivity contribution < 1.29 is 9.47 Å². The highest BCUT2D eigenvalue weighted by atomic mass is 16.5. The van der Waals surface area contributed by atoms with Crippen LogP contribution in [-0.4, -0.2) is 84.4 Å². The third-order valence-corrected chi connectivity index (χ3v) is 7.80. The van der Waals surface area contributed by atoms with Gasteiger partial charge in [-0.05, 0) is 49.2 Å². The summed E-state index contributed by atoms with van der Waals surface area (Å²) in [4.78, 5) is 12.4. The Morgan fingerprint density at radius 1 is 0.889 bits per heavy atom. The zero-order valence-electron chi connectivity index (χ0n) is 21.5. The van der Waals surface area contributed by atoms with Gasteiger partial charge in [0.2, 0.25) is 0 Å². The van der Waals surface area contributed by atoms with E-state index in [0.717, 1.165) is 88.4 Å². The van der Waals surface area contributed by atoms with Crippen molar-refractivity contribution in [3.63, 3.8) is 0 Å². The van der Waals surface area contributed by atoms with Gasteiger partial charge in [-0.3, -0.25) is 14.4 Å². The SMILES string of the molecule is CC(C)N1CCN(c2ccc(-c3ccc4c(c3)OCc3nc(CCN5CCOCC5)cn3-4)cc2)CC1. The van der Waals surface area contributed by atoms with Crippen molar-refractivity contribution >= 4 is 5.69 Å². The normalized spacial score (nSPS) is 18.7. The summed E-state index contributed by atoms with van der Waals surface area (Å²) in [6, 6.07) is 16.1. The standard InChI is InChI=1S/C29H37N5O2/c1-22(2)32-11-13-33(14-12-32)26-6-3-23(4-7-26)24-5-8-27-28(19-24)36-21-29-30-25(20-34(27)29)9-10-31-15-17-35-18-16-31/h3-8,19-20,22H,9-18,21H2,1-2H3. The molecule has 3 aliphatic heterocycles. The highest BCUT2D eigenvalue weighted by molar-refractivity contribution is 5.70. The van der Waals surface area contributed by atoms with E-state index in [1.165, 1.54) is 16.8 Å². The number of piperazine rings is 1. The van der Waals surface area contributed by atoms with Gasteiger partial charge in [-0.2, -0.15) is 0 Å². The number of morpholine rings is 1. The molecule has 0 unspecified atom stereocenters. The first-order valence-electron chi connectivity index (χ1n) is 13.4. The molecule has 0 spiro atoms. The maximum Gasteiger partial charge on any atom is 0.151 e. The molecule has 3 aromatic rings. The second kappa shape index (κ2) is 10.2. The molecule has 0 radical (unpaired) electrons. The summed E-state index contributed by atoms with van der Waals surface area (Å²) in [6.45, 7) is 14.2. The molecule has 7 nitrogen and oxygen atoms in total. The molecule has 2 aromatic carbocycles. The van der Waals surface area contributed by atoms with Crippen LogP contribution in [0.3, 0.4) is 0 Å². The van der Waals surface area contributed by atoms with E-state index in [4.69, 9.17) is 14.5 Å². The number of aromatic nitrogens is 2. The molecule has 0 atom stereocenters. The third kappa shape index (κ3) is 4.88. The Kier molecular flexibility index (Phi) is 6.69. The Morgan fingerprint density at radius 3 is 2.39 bits per heavy atom. The van der Waals surface area contributed by atoms with Gasteiger partial charge in [-0.25, -0.2) is 4.98 Å². The van der Waals surface area contributed by atoms with Gasteiger partial charge >= 0.3 is 0 Å². The maximum atomic E-state index is 6.14. The van der Waals surface area contributed by atoms with Crippen LogP contribution in [0.2, 0.25) is 0 Å². The Hall–Kier alpha value is -2.87. The van der Waals surface area contributed by atoms with Gasteiger partial charge in [0, 0.05) is 70.2 Å². The highest BCUT2D eigenvalue weighted by Gasteiger charge is 2.22. The van der Waals surface area contributed by atoms with Crippen molar-refractivity contribution in [2.24, 2.45) is 0 Å². The summed E-state index contributed by atoms with van der Waals surface area (Å²) in [7, 11) is 0. The van der Waals surface area contributed by atoms with Crippen molar-refractivity contribution in [2.45, 2.75) is 32.9 Å². The van der Waals surface area contributed by atoms with Crippen LogP contribution in [0.4, 0.5) is 5.69 Å². The van der Waals surface area contributed by atoms with Gasteiger partial charge in [0.25, 0.3) is 0 Å². The number of rotatable bonds is 6. The number of imidazole rings is 1. The quantitative estimate of drug-likeness (QED) is 0.527. The van der Waals surface area contributed by atoms with Crippen molar-refractivity contribution in [2.75, 3.05) is 63.9 Å². The molecular weight excluding hydrogens is 450 g/mol. The smallest absolute Gasteiger partial charge is 0.151 e. The van der Waals surface area contributed by atoms with E-state index in [-0.39, 0.29) is 0 Å². The summed E-state index contributed by atoms with van der Waals surface area (Å²) in [5, 5.41) is 0. The predicted octanol–water partition coefficient (Wildman–Crippen LogP) is 3.84. The fourth-order valence-electron chi connectivity index (χ4n) is 5.51. The number of hydrogen-bond donors (Lipinski definition) is 0. The number of ether oxygens (including phenoxy) is 2. The number of nitrogens with zero attached hydrogens (tertiary/aromatic N) is 5. The van der Waals surface area contributed by atoms with E-state index >= 15 is 0 Å². The fourth-order valence-corrected chi connectivity index (χ4v) is 5.51. The Morgan fingerprint density at radius 2 is 1.64 bits per heavy atom. The zero-order chi connectivity index (χ0) is 24.5. The Bertz CT molecular complexity index is 1170. The Labute approximate surface area is 214 Å². The van der Waals surface area contributed by atoms with Crippen molar-refractivity contribution in [1.29, 1.82) is 0 Å². The maximum absolute atomic E-state index is 6.14. The second-order valence-electron chi connectivity index (χ2n) is 10.4. The van der Waals surface area contributed by atoms with Crippen LogP contribution in [0, 0.1) is 0 Å². The van der Waals surface area contributed by atoms with Crippen molar-refractivity contribution in [3.05, 3.63) is 60.2 Å². The topological polar surface area (TPSA) is 46.0 Å².